The Morgan fingerprint density at radius 3 is 2.74 bits per heavy atom. The minimum Gasteiger partial charge on any atom is -0.310 e. The van der Waals surface area contributed by atoms with E-state index in [-0.39, 0.29) is 0 Å². The van der Waals surface area contributed by atoms with Gasteiger partial charge in [0.25, 0.3) is 0 Å². The van der Waals surface area contributed by atoms with Crippen LogP contribution in [0.4, 0.5) is 0 Å². The molecule has 0 aliphatic carbocycles. The molecule has 1 unspecified atom stereocenters. The van der Waals surface area contributed by atoms with E-state index in [0.717, 1.165) is 23.1 Å². The van der Waals surface area contributed by atoms with Gasteiger partial charge in [-0.25, -0.2) is 0 Å². The first kappa shape index (κ1) is 14.3. The SMILES string of the molecule is CCNC(Cc1ccn(C)n1)c1ccc(Br)c(C)c1. The van der Waals surface area contributed by atoms with Gasteiger partial charge in [0.1, 0.15) is 0 Å². The van der Waals surface area contributed by atoms with Crippen molar-refractivity contribution in [2.24, 2.45) is 7.05 Å². The zero-order valence-electron chi connectivity index (χ0n) is 11.7. The van der Waals surface area contributed by atoms with Crippen molar-refractivity contribution in [3.63, 3.8) is 0 Å². The lowest BCUT2D eigenvalue weighted by Crippen LogP contribution is -2.23. The second-order valence-electron chi connectivity index (χ2n) is 4.80. The normalized spacial score (nSPS) is 12.6. The van der Waals surface area contributed by atoms with Crippen LogP contribution in [-0.2, 0) is 13.5 Å². The lowest BCUT2D eigenvalue weighted by Gasteiger charge is -2.18. The first-order valence-corrected chi connectivity index (χ1v) is 7.37. The number of halogens is 1. The van der Waals surface area contributed by atoms with Crippen molar-refractivity contribution in [3.8, 4) is 0 Å². The van der Waals surface area contributed by atoms with Gasteiger partial charge in [0.15, 0.2) is 0 Å². The molecule has 1 aromatic heterocycles. The Morgan fingerprint density at radius 1 is 1.37 bits per heavy atom. The molecule has 0 amide bonds. The molecule has 3 nitrogen and oxygen atoms in total. The summed E-state index contributed by atoms with van der Waals surface area (Å²) < 4.78 is 3.01. The number of likely N-dealkylation sites (N-methyl/N-ethyl adjacent to an activating group) is 1. The van der Waals surface area contributed by atoms with Gasteiger partial charge in [0.2, 0.25) is 0 Å². The summed E-state index contributed by atoms with van der Waals surface area (Å²) in [5.74, 6) is 0. The van der Waals surface area contributed by atoms with E-state index >= 15 is 0 Å². The van der Waals surface area contributed by atoms with Crippen molar-refractivity contribution in [1.82, 2.24) is 15.1 Å². The van der Waals surface area contributed by atoms with Crippen LogP contribution in [0.15, 0.2) is 34.9 Å². The molecule has 19 heavy (non-hydrogen) atoms. The summed E-state index contributed by atoms with van der Waals surface area (Å²) in [4.78, 5) is 0. The van der Waals surface area contributed by atoms with Gasteiger partial charge in [-0.1, -0.05) is 35.0 Å². The average molecular weight is 322 g/mol. The summed E-state index contributed by atoms with van der Waals surface area (Å²) >= 11 is 3.55. The van der Waals surface area contributed by atoms with Crippen molar-refractivity contribution >= 4 is 15.9 Å². The number of benzene rings is 1. The first-order valence-electron chi connectivity index (χ1n) is 6.58. The predicted molar refractivity (Wildman–Crippen MR) is 82.2 cm³/mol. The van der Waals surface area contributed by atoms with Crippen LogP contribution in [0.1, 0.15) is 29.8 Å². The van der Waals surface area contributed by atoms with Gasteiger partial charge in [0, 0.05) is 30.2 Å². The fourth-order valence-corrected chi connectivity index (χ4v) is 2.47. The summed E-state index contributed by atoms with van der Waals surface area (Å²) in [6.07, 6.45) is 2.90. The number of rotatable bonds is 5. The molecule has 0 fully saturated rings. The third-order valence-electron chi connectivity index (χ3n) is 3.22. The van der Waals surface area contributed by atoms with Crippen molar-refractivity contribution in [2.75, 3.05) is 6.54 Å². The maximum Gasteiger partial charge on any atom is 0.0643 e. The van der Waals surface area contributed by atoms with Crippen molar-refractivity contribution in [1.29, 1.82) is 0 Å². The molecule has 4 heteroatoms. The van der Waals surface area contributed by atoms with Crippen LogP contribution in [0.2, 0.25) is 0 Å². The second-order valence-corrected chi connectivity index (χ2v) is 5.66. The molecule has 1 N–H and O–H groups in total. The minimum atomic E-state index is 0.312. The second kappa shape index (κ2) is 6.35. The van der Waals surface area contributed by atoms with E-state index in [9.17, 15) is 0 Å². The Morgan fingerprint density at radius 2 is 2.16 bits per heavy atom. The largest absolute Gasteiger partial charge is 0.310 e. The maximum absolute atomic E-state index is 4.47. The van der Waals surface area contributed by atoms with Crippen LogP contribution < -0.4 is 5.32 Å². The molecule has 1 heterocycles. The summed E-state index contributed by atoms with van der Waals surface area (Å²) in [5.41, 5.74) is 3.70. The van der Waals surface area contributed by atoms with Crippen LogP contribution in [0, 0.1) is 6.92 Å². The number of nitrogens with one attached hydrogen (secondary N) is 1. The third kappa shape index (κ3) is 3.67. The average Bonchev–Trinajstić information content (AvgIpc) is 2.78. The summed E-state index contributed by atoms with van der Waals surface area (Å²) in [6, 6.07) is 8.92. The summed E-state index contributed by atoms with van der Waals surface area (Å²) in [6.45, 7) is 5.21. The van der Waals surface area contributed by atoms with E-state index in [1.807, 2.05) is 17.9 Å². The van der Waals surface area contributed by atoms with Gasteiger partial charge in [0.05, 0.1) is 5.69 Å². The highest BCUT2D eigenvalue weighted by Gasteiger charge is 2.13. The molecule has 0 aliphatic heterocycles. The molecule has 0 bridgehead atoms. The van der Waals surface area contributed by atoms with Gasteiger partial charge >= 0.3 is 0 Å². The molecular weight excluding hydrogens is 302 g/mol. The predicted octanol–water partition coefficient (Wildman–Crippen LogP) is 3.38. The molecule has 1 atom stereocenters. The summed E-state index contributed by atoms with van der Waals surface area (Å²) in [7, 11) is 1.95. The highest BCUT2D eigenvalue weighted by molar-refractivity contribution is 9.10. The minimum absolute atomic E-state index is 0.312. The molecule has 0 saturated heterocycles. The molecule has 2 aromatic rings. The van der Waals surface area contributed by atoms with Crippen molar-refractivity contribution < 1.29 is 0 Å². The van der Waals surface area contributed by atoms with E-state index in [1.165, 1.54) is 11.1 Å². The Labute approximate surface area is 123 Å². The van der Waals surface area contributed by atoms with Gasteiger partial charge < -0.3 is 5.32 Å². The van der Waals surface area contributed by atoms with E-state index in [2.05, 4.69) is 64.5 Å². The third-order valence-corrected chi connectivity index (χ3v) is 4.11. The molecular formula is C15H20BrN3. The number of aromatic nitrogens is 2. The van der Waals surface area contributed by atoms with Crippen LogP contribution in [0.25, 0.3) is 0 Å². The van der Waals surface area contributed by atoms with Gasteiger partial charge in [-0.15, -0.1) is 0 Å². The standard InChI is InChI=1S/C15H20BrN3/c1-4-17-15(10-13-7-8-19(3)18-13)12-5-6-14(16)11(2)9-12/h5-9,15,17H,4,10H2,1-3H3. The van der Waals surface area contributed by atoms with Gasteiger partial charge in [-0.05, 0) is 36.7 Å². The molecule has 0 aliphatic rings. The quantitative estimate of drug-likeness (QED) is 0.914. The number of hydrogen-bond acceptors (Lipinski definition) is 2. The molecule has 2 rings (SSSR count). The molecule has 1 aromatic carbocycles. The van der Waals surface area contributed by atoms with E-state index < -0.39 is 0 Å². The molecule has 102 valence electrons. The van der Waals surface area contributed by atoms with Crippen molar-refractivity contribution in [3.05, 3.63) is 51.8 Å². The van der Waals surface area contributed by atoms with Crippen molar-refractivity contribution in [2.45, 2.75) is 26.3 Å². The highest BCUT2D eigenvalue weighted by Crippen LogP contribution is 2.23. The zero-order valence-corrected chi connectivity index (χ0v) is 13.2. The number of nitrogens with zero attached hydrogens (tertiary/aromatic N) is 2. The van der Waals surface area contributed by atoms with E-state index in [0.29, 0.717) is 6.04 Å². The lowest BCUT2D eigenvalue weighted by atomic mass is 10.0. The van der Waals surface area contributed by atoms with Crippen LogP contribution >= 0.6 is 15.9 Å². The Kier molecular flexibility index (Phi) is 4.77. The topological polar surface area (TPSA) is 29.9 Å². The monoisotopic (exact) mass is 321 g/mol. The van der Waals surface area contributed by atoms with Crippen LogP contribution in [0.3, 0.4) is 0 Å². The number of aryl methyl sites for hydroxylation is 2. The Balaban J connectivity index is 2.21. The van der Waals surface area contributed by atoms with Crippen LogP contribution in [0.5, 0.6) is 0 Å². The smallest absolute Gasteiger partial charge is 0.0643 e. The van der Waals surface area contributed by atoms with Gasteiger partial charge in [-0.3, -0.25) is 4.68 Å². The van der Waals surface area contributed by atoms with E-state index in [1.54, 1.807) is 0 Å². The number of hydrogen-bond donors (Lipinski definition) is 1. The van der Waals surface area contributed by atoms with Crippen LogP contribution in [-0.4, -0.2) is 16.3 Å². The Hall–Kier alpha value is -1.13. The fraction of sp³-hybridized carbons (Fsp3) is 0.400. The lowest BCUT2D eigenvalue weighted by molar-refractivity contribution is 0.539. The zero-order chi connectivity index (χ0) is 13.8. The molecule has 0 saturated carbocycles. The first-order chi connectivity index (χ1) is 9.10. The fourth-order valence-electron chi connectivity index (χ4n) is 2.22. The molecule has 0 spiro atoms. The Bertz CT molecular complexity index is 548. The highest BCUT2D eigenvalue weighted by atomic mass is 79.9. The van der Waals surface area contributed by atoms with E-state index in [4.69, 9.17) is 0 Å². The maximum atomic E-state index is 4.47. The summed E-state index contributed by atoms with van der Waals surface area (Å²) in [5, 5.41) is 8.00. The van der Waals surface area contributed by atoms with Gasteiger partial charge in [-0.2, -0.15) is 5.10 Å². The molecule has 0 radical (unpaired) electrons.